The Morgan fingerprint density at radius 3 is 2.43 bits per heavy atom. The van der Waals surface area contributed by atoms with Gasteiger partial charge in [0.25, 0.3) is 0 Å². The standard InChI is InChI=1S/C10H17NO3/c1-11-6-5-10(14,8(12)13)9(7-11)3-2-4-9/h14H,2-7H2,1H3,(H,12,13). The Bertz CT molecular complexity index is 262. The molecule has 0 amide bonds. The van der Waals surface area contributed by atoms with E-state index in [9.17, 15) is 9.90 Å². The van der Waals surface area contributed by atoms with Crippen LogP contribution in [-0.2, 0) is 4.79 Å². The number of carbonyl (C=O) groups is 1. The van der Waals surface area contributed by atoms with E-state index in [1.807, 2.05) is 7.05 Å². The molecule has 1 atom stereocenters. The lowest BCUT2D eigenvalue weighted by Crippen LogP contribution is -2.65. The molecule has 2 rings (SSSR count). The highest BCUT2D eigenvalue weighted by Crippen LogP contribution is 2.53. The van der Waals surface area contributed by atoms with Gasteiger partial charge < -0.3 is 15.1 Å². The zero-order chi connectivity index (χ0) is 10.4. The first-order valence-electron chi connectivity index (χ1n) is 5.15. The average Bonchev–Trinajstić information content (AvgIpc) is 2.06. The van der Waals surface area contributed by atoms with E-state index in [2.05, 4.69) is 4.90 Å². The fraction of sp³-hybridized carbons (Fsp3) is 0.900. The van der Waals surface area contributed by atoms with Gasteiger partial charge in [-0.05, 0) is 19.9 Å². The van der Waals surface area contributed by atoms with E-state index in [4.69, 9.17) is 5.11 Å². The maximum absolute atomic E-state index is 11.1. The summed E-state index contributed by atoms with van der Waals surface area (Å²) in [5, 5.41) is 19.3. The van der Waals surface area contributed by atoms with Gasteiger partial charge in [-0.1, -0.05) is 6.42 Å². The van der Waals surface area contributed by atoms with Crippen molar-refractivity contribution >= 4 is 5.97 Å². The lowest BCUT2D eigenvalue weighted by atomic mass is 9.56. The van der Waals surface area contributed by atoms with Crippen molar-refractivity contribution in [2.45, 2.75) is 31.3 Å². The highest BCUT2D eigenvalue weighted by atomic mass is 16.4. The normalized spacial score (nSPS) is 36.7. The van der Waals surface area contributed by atoms with Gasteiger partial charge in [0.05, 0.1) is 0 Å². The fourth-order valence-corrected chi connectivity index (χ4v) is 2.85. The maximum atomic E-state index is 11.1. The molecule has 1 aliphatic carbocycles. The van der Waals surface area contributed by atoms with E-state index in [-0.39, 0.29) is 5.41 Å². The molecule has 0 aromatic rings. The predicted octanol–water partition coefficient (Wildman–Crippen LogP) is 0.308. The van der Waals surface area contributed by atoms with E-state index in [0.29, 0.717) is 13.0 Å². The Hall–Kier alpha value is -0.610. The third-order valence-electron chi connectivity index (χ3n) is 3.97. The van der Waals surface area contributed by atoms with Crippen LogP contribution in [0.4, 0.5) is 0 Å². The molecule has 0 radical (unpaired) electrons. The number of aliphatic carboxylic acids is 1. The number of likely N-dealkylation sites (tertiary alicyclic amines) is 1. The summed E-state index contributed by atoms with van der Waals surface area (Å²) in [4.78, 5) is 13.2. The first-order valence-corrected chi connectivity index (χ1v) is 5.15. The third kappa shape index (κ3) is 1.10. The van der Waals surface area contributed by atoms with Crippen molar-refractivity contribution in [3.05, 3.63) is 0 Å². The number of carboxylic acids is 1. The number of nitrogens with zero attached hydrogens (tertiary/aromatic N) is 1. The van der Waals surface area contributed by atoms with Crippen LogP contribution in [0.2, 0.25) is 0 Å². The first kappa shape index (κ1) is 9.93. The van der Waals surface area contributed by atoms with Crippen LogP contribution in [-0.4, -0.2) is 46.8 Å². The number of carboxylic acid groups (broad SMARTS) is 1. The Morgan fingerprint density at radius 2 is 2.00 bits per heavy atom. The molecular weight excluding hydrogens is 182 g/mol. The van der Waals surface area contributed by atoms with Crippen LogP contribution in [0, 0.1) is 5.41 Å². The van der Waals surface area contributed by atoms with Crippen LogP contribution < -0.4 is 0 Å². The first-order chi connectivity index (χ1) is 6.50. The topological polar surface area (TPSA) is 60.8 Å². The second-order valence-corrected chi connectivity index (χ2v) is 4.79. The SMILES string of the molecule is CN1CCC(O)(C(=O)O)C2(CCC2)C1. The summed E-state index contributed by atoms with van der Waals surface area (Å²) in [5.74, 6) is -1.04. The molecule has 2 aliphatic rings. The monoisotopic (exact) mass is 199 g/mol. The predicted molar refractivity (Wildman–Crippen MR) is 51.0 cm³/mol. The second-order valence-electron chi connectivity index (χ2n) is 4.79. The molecule has 1 saturated carbocycles. The quantitative estimate of drug-likeness (QED) is 0.638. The zero-order valence-corrected chi connectivity index (χ0v) is 8.49. The number of hydrogen-bond donors (Lipinski definition) is 2. The highest BCUT2D eigenvalue weighted by Gasteiger charge is 2.60. The van der Waals surface area contributed by atoms with Crippen molar-refractivity contribution in [1.82, 2.24) is 4.90 Å². The largest absolute Gasteiger partial charge is 0.479 e. The Labute approximate surface area is 83.5 Å². The highest BCUT2D eigenvalue weighted by molar-refractivity contribution is 5.79. The summed E-state index contributed by atoms with van der Waals surface area (Å²) < 4.78 is 0. The Balaban J connectivity index is 2.27. The number of rotatable bonds is 1. The molecule has 0 aromatic carbocycles. The molecule has 4 nitrogen and oxygen atoms in total. The minimum absolute atomic E-state index is 0.360. The molecule has 1 aliphatic heterocycles. The molecular formula is C10H17NO3. The molecule has 1 saturated heterocycles. The fourth-order valence-electron chi connectivity index (χ4n) is 2.85. The van der Waals surface area contributed by atoms with E-state index in [0.717, 1.165) is 25.8 Å². The van der Waals surface area contributed by atoms with Gasteiger partial charge in [0.2, 0.25) is 0 Å². The van der Waals surface area contributed by atoms with Crippen molar-refractivity contribution in [3.8, 4) is 0 Å². The summed E-state index contributed by atoms with van der Waals surface area (Å²) in [6.07, 6.45) is 3.10. The van der Waals surface area contributed by atoms with E-state index in [1.54, 1.807) is 0 Å². The Morgan fingerprint density at radius 1 is 1.36 bits per heavy atom. The number of hydrogen-bond acceptors (Lipinski definition) is 3. The minimum atomic E-state index is -1.47. The van der Waals surface area contributed by atoms with Gasteiger partial charge in [-0.3, -0.25) is 0 Å². The van der Waals surface area contributed by atoms with Crippen LogP contribution in [0.3, 0.4) is 0 Å². The van der Waals surface area contributed by atoms with E-state index in [1.165, 1.54) is 0 Å². The van der Waals surface area contributed by atoms with Gasteiger partial charge in [0, 0.05) is 24.9 Å². The maximum Gasteiger partial charge on any atom is 0.336 e. The molecule has 80 valence electrons. The smallest absolute Gasteiger partial charge is 0.336 e. The van der Waals surface area contributed by atoms with Crippen LogP contribution >= 0.6 is 0 Å². The van der Waals surface area contributed by atoms with Crippen LogP contribution in [0.15, 0.2) is 0 Å². The van der Waals surface area contributed by atoms with Crippen molar-refractivity contribution < 1.29 is 15.0 Å². The Kier molecular flexibility index (Phi) is 2.08. The lowest BCUT2D eigenvalue weighted by Gasteiger charge is -2.55. The summed E-state index contributed by atoms with van der Waals surface area (Å²) in [5.41, 5.74) is -1.84. The van der Waals surface area contributed by atoms with Gasteiger partial charge in [0.15, 0.2) is 5.60 Å². The molecule has 4 heteroatoms. The van der Waals surface area contributed by atoms with Crippen molar-refractivity contribution in [2.24, 2.45) is 5.41 Å². The lowest BCUT2D eigenvalue weighted by molar-refractivity contribution is -0.201. The third-order valence-corrected chi connectivity index (χ3v) is 3.97. The molecule has 1 spiro atoms. The molecule has 1 unspecified atom stereocenters. The van der Waals surface area contributed by atoms with Crippen molar-refractivity contribution in [1.29, 1.82) is 0 Å². The van der Waals surface area contributed by atoms with Gasteiger partial charge >= 0.3 is 5.97 Å². The van der Waals surface area contributed by atoms with Gasteiger partial charge in [-0.2, -0.15) is 0 Å². The average molecular weight is 199 g/mol. The molecule has 0 aromatic heterocycles. The van der Waals surface area contributed by atoms with Crippen LogP contribution in [0.25, 0.3) is 0 Å². The summed E-state index contributed by atoms with van der Waals surface area (Å²) in [6.45, 7) is 1.39. The summed E-state index contributed by atoms with van der Waals surface area (Å²) >= 11 is 0. The van der Waals surface area contributed by atoms with Crippen LogP contribution in [0.1, 0.15) is 25.7 Å². The molecule has 14 heavy (non-hydrogen) atoms. The molecule has 2 fully saturated rings. The molecule has 2 N–H and O–H groups in total. The van der Waals surface area contributed by atoms with Crippen LogP contribution in [0.5, 0.6) is 0 Å². The summed E-state index contributed by atoms with van der Waals surface area (Å²) in [6, 6.07) is 0. The van der Waals surface area contributed by atoms with E-state index < -0.39 is 11.6 Å². The van der Waals surface area contributed by atoms with E-state index >= 15 is 0 Å². The van der Waals surface area contributed by atoms with Crippen molar-refractivity contribution in [3.63, 3.8) is 0 Å². The number of piperidine rings is 1. The molecule has 0 bridgehead atoms. The van der Waals surface area contributed by atoms with Gasteiger partial charge in [0.1, 0.15) is 0 Å². The van der Waals surface area contributed by atoms with Gasteiger partial charge in [-0.25, -0.2) is 4.79 Å². The minimum Gasteiger partial charge on any atom is -0.479 e. The number of aliphatic hydroxyl groups is 1. The second kappa shape index (κ2) is 2.94. The van der Waals surface area contributed by atoms with Gasteiger partial charge in [-0.15, -0.1) is 0 Å². The van der Waals surface area contributed by atoms with Crippen molar-refractivity contribution in [2.75, 3.05) is 20.1 Å². The summed E-state index contributed by atoms with van der Waals surface area (Å²) in [7, 11) is 1.99. The zero-order valence-electron chi connectivity index (χ0n) is 8.49. The molecule has 1 heterocycles.